The van der Waals surface area contributed by atoms with E-state index in [0.717, 1.165) is 11.6 Å². The van der Waals surface area contributed by atoms with Crippen molar-refractivity contribution in [3.8, 4) is 0 Å². The van der Waals surface area contributed by atoms with Crippen LogP contribution in [-0.2, 0) is 0 Å². The van der Waals surface area contributed by atoms with Crippen LogP contribution in [0.25, 0.3) is 6.08 Å². The first-order chi connectivity index (χ1) is 7.13. The number of halogens is 1. The van der Waals surface area contributed by atoms with Crippen molar-refractivity contribution in [2.75, 3.05) is 26.9 Å². The predicted octanol–water partition coefficient (Wildman–Crippen LogP) is 3.55. The van der Waals surface area contributed by atoms with Gasteiger partial charge in [-0.15, -0.1) is 11.8 Å². The zero-order valence-electron chi connectivity index (χ0n) is 9.33. The van der Waals surface area contributed by atoms with E-state index in [1.54, 1.807) is 11.8 Å². The molecule has 3 heteroatoms. The Morgan fingerprint density at radius 1 is 1.40 bits per heavy atom. The maximum atomic E-state index is 6.15. The second kappa shape index (κ2) is 6.21. The van der Waals surface area contributed by atoms with Crippen molar-refractivity contribution in [3.05, 3.63) is 34.9 Å². The van der Waals surface area contributed by atoms with Crippen molar-refractivity contribution in [2.24, 2.45) is 0 Å². The van der Waals surface area contributed by atoms with Crippen LogP contribution in [0.15, 0.2) is 34.2 Å². The maximum Gasteiger partial charge on any atom is 0.0335 e. The van der Waals surface area contributed by atoms with Gasteiger partial charge >= 0.3 is 0 Å². The molecule has 0 saturated carbocycles. The van der Waals surface area contributed by atoms with Crippen LogP contribution in [-0.4, -0.2) is 31.8 Å². The smallest absolute Gasteiger partial charge is 0.0335 e. The van der Waals surface area contributed by atoms with Gasteiger partial charge in [0.25, 0.3) is 0 Å². The molecular formula is C12H16ClNS. The third kappa shape index (κ3) is 4.29. The third-order valence-corrected chi connectivity index (χ3v) is 2.96. The number of thioether (sulfide) groups is 1. The lowest BCUT2D eigenvalue weighted by atomic mass is 10.2. The molecule has 0 radical (unpaired) electrons. The van der Waals surface area contributed by atoms with Crippen LogP contribution in [0, 0.1) is 0 Å². The molecule has 0 atom stereocenters. The summed E-state index contributed by atoms with van der Waals surface area (Å²) in [5.74, 6) is 0. The molecule has 82 valence electrons. The molecule has 0 heterocycles. The van der Waals surface area contributed by atoms with Crippen LogP contribution in [0.3, 0.4) is 0 Å². The summed E-state index contributed by atoms with van der Waals surface area (Å²) < 4.78 is 0. The van der Waals surface area contributed by atoms with Crippen LogP contribution >= 0.6 is 23.4 Å². The number of benzene rings is 1. The van der Waals surface area contributed by atoms with Crippen molar-refractivity contribution in [1.82, 2.24) is 4.90 Å². The molecule has 1 aromatic carbocycles. The zero-order valence-corrected chi connectivity index (χ0v) is 10.9. The highest BCUT2D eigenvalue weighted by atomic mass is 35.5. The summed E-state index contributed by atoms with van der Waals surface area (Å²) in [5, 5.41) is 0.863. The molecule has 0 amide bonds. The monoisotopic (exact) mass is 241 g/mol. The van der Waals surface area contributed by atoms with Gasteiger partial charge in [-0.2, -0.15) is 0 Å². The number of nitrogens with zero attached hydrogens (tertiary/aromatic N) is 1. The standard InChI is InChI=1S/C12H16ClNS/c1-14(2)9-11(13)8-10-6-4-5-7-12(10)15-3/h4-8H,9H2,1-3H3/b11-8-. The van der Waals surface area contributed by atoms with Gasteiger partial charge in [0.1, 0.15) is 0 Å². The molecule has 1 aromatic rings. The fourth-order valence-corrected chi connectivity index (χ4v) is 2.24. The molecule has 0 saturated heterocycles. The summed E-state index contributed by atoms with van der Waals surface area (Å²) in [6.07, 6.45) is 4.11. The molecule has 0 N–H and O–H groups in total. The summed E-state index contributed by atoms with van der Waals surface area (Å²) in [4.78, 5) is 3.31. The minimum absolute atomic E-state index is 0.782. The summed E-state index contributed by atoms with van der Waals surface area (Å²) in [6.45, 7) is 0.782. The van der Waals surface area contributed by atoms with Crippen LogP contribution < -0.4 is 0 Å². The summed E-state index contributed by atoms with van der Waals surface area (Å²) in [7, 11) is 4.02. The topological polar surface area (TPSA) is 3.24 Å². The predicted molar refractivity (Wildman–Crippen MR) is 70.6 cm³/mol. The third-order valence-electron chi connectivity index (χ3n) is 1.92. The molecule has 0 aliphatic carbocycles. The Morgan fingerprint density at radius 3 is 2.67 bits per heavy atom. The Kier molecular flexibility index (Phi) is 5.23. The van der Waals surface area contributed by atoms with Crippen LogP contribution in [0.4, 0.5) is 0 Å². The molecule has 15 heavy (non-hydrogen) atoms. The molecular weight excluding hydrogens is 226 g/mol. The molecule has 0 fully saturated rings. The van der Waals surface area contributed by atoms with Crippen molar-refractivity contribution < 1.29 is 0 Å². The fraction of sp³-hybridized carbons (Fsp3) is 0.333. The Bertz CT molecular complexity index is 347. The van der Waals surface area contributed by atoms with E-state index in [4.69, 9.17) is 11.6 Å². The SMILES string of the molecule is CSc1ccccc1/C=C(\Cl)CN(C)C. The summed E-state index contributed by atoms with van der Waals surface area (Å²) >= 11 is 7.89. The molecule has 0 aliphatic heterocycles. The van der Waals surface area contributed by atoms with E-state index in [1.165, 1.54) is 10.5 Å². The highest BCUT2D eigenvalue weighted by Crippen LogP contribution is 2.23. The number of hydrogen-bond donors (Lipinski definition) is 0. The quantitative estimate of drug-likeness (QED) is 0.742. The van der Waals surface area contributed by atoms with Gasteiger partial charge in [-0.25, -0.2) is 0 Å². The average molecular weight is 242 g/mol. The van der Waals surface area contributed by atoms with Gasteiger partial charge in [0, 0.05) is 16.5 Å². The Labute approximate surface area is 101 Å². The number of likely N-dealkylation sites (N-methyl/N-ethyl adjacent to an activating group) is 1. The first-order valence-corrected chi connectivity index (χ1v) is 6.37. The lowest BCUT2D eigenvalue weighted by Gasteiger charge is -2.09. The Hall–Kier alpha value is -0.440. The van der Waals surface area contributed by atoms with Crippen LogP contribution in [0.2, 0.25) is 0 Å². The molecule has 0 spiro atoms. The molecule has 0 bridgehead atoms. The normalized spacial score (nSPS) is 12.2. The van der Waals surface area contributed by atoms with E-state index >= 15 is 0 Å². The first kappa shape index (κ1) is 12.6. The van der Waals surface area contributed by atoms with Crippen molar-refractivity contribution >= 4 is 29.4 Å². The summed E-state index contributed by atoms with van der Waals surface area (Å²) in [5.41, 5.74) is 1.19. The van der Waals surface area contributed by atoms with Gasteiger partial charge in [0.15, 0.2) is 0 Å². The fourth-order valence-electron chi connectivity index (χ4n) is 1.30. The Balaban J connectivity index is 2.87. The second-order valence-electron chi connectivity index (χ2n) is 3.57. The maximum absolute atomic E-state index is 6.15. The van der Waals surface area contributed by atoms with E-state index in [1.807, 2.05) is 32.3 Å². The lowest BCUT2D eigenvalue weighted by Crippen LogP contribution is -2.12. The summed E-state index contributed by atoms with van der Waals surface area (Å²) in [6, 6.07) is 8.27. The van der Waals surface area contributed by atoms with Gasteiger partial charge in [0.05, 0.1) is 0 Å². The molecule has 0 aliphatic rings. The zero-order chi connectivity index (χ0) is 11.3. The van der Waals surface area contributed by atoms with E-state index in [9.17, 15) is 0 Å². The minimum Gasteiger partial charge on any atom is -0.304 e. The van der Waals surface area contributed by atoms with Gasteiger partial charge < -0.3 is 4.90 Å². The van der Waals surface area contributed by atoms with E-state index in [2.05, 4.69) is 23.3 Å². The van der Waals surface area contributed by atoms with Crippen LogP contribution in [0.1, 0.15) is 5.56 Å². The van der Waals surface area contributed by atoms with E-state index in [0.29, 0.717) is 0 Å². The molecule has 1 nitrogen and oxygen atoms in total. The molecule has 0 unspecified atom stereocenters. The molecule has 0 aromatic heterocycles. The largest absolute Gasteiger partial charge is 0.304 e. The number of hydrogen-bond acceptors (Lipinski definition) is 2. The van der Waals surface area contributed by atoms with E-state index in [-0.39, 0.29) is 0 Å². The highest BCUT2D eigenvalue weighted by molar-refractivity contribution is 7.98. The lowest BCUT2D eigenvalue weighted by molar-refractivity contribution is 0.453. The highest BCUT2D eigenvalue weighted by Gasteiger charge is 2.00. The van der Waals surface area contributed by atoms with Gasteiger partial charge in [-0.3, -0.25) is 0 Å². The Morgan fingerprint density at radius 2 is 2.07 bits per heavy atom. The van der Waals surface area contributed by atoms with Crippen LogP contribution in [0.5, 0.6) is 0 Å². The van der Waals surface area contributed by atoms with Crippen molar-refractivity contribution in [2.45, 2.75) is 4.90 Å². The van der Waals surface area contributed by atoms with Crippen molar-refractivity contribution in [1.29, 1.82) is 0 Å². The van der Waals surface area contributed by atoms with E-state index < -0.39 is 0 Å². The minimum atomic E-state index is 0.782. The second-order valence-corrected chi connectivity index (χ2v) is 4.90. The van der Waals surface area contributed by atoms with Gasteiger partial charge in [0.2, 0.25) is 0 Å². The number of rotatable bonds is 4. The first-order valence-electron chi connectivity index (χ1n) is 4.77. The molecule has 1 rings (SSSR count). The van der Waals surface area contributed by atoms with Crippen molar-refractivity contribution in [3.63, 3.8) is 0 Å². The average Bonchev–Trinajstić information content (AvgIpc) is 2.17. The van der Waals surface area contributed by atoms with Gasteiger partial charge in [-0.1, -0.05) is 29.8 Å². The van der Waals surface area contributed by atoms with Gasteiger partial charge in [-0.05, 0) is 38.1 Å².